The number of carbonyl (C=O) groups is 1. The monoisotopic (exact) mass is 288 g/mol. The highest BCUT2D eigenvalue weighted by Gasteiger charge is 2.43. The molecule has 3 atom stereocenters. The third-order valence-corrected chi connectivity index (χ3v) is 5.00. The highest BCUT2D eigenvalue weighted by atomic mass is 16.6. The minimum atomic E-state index is 0.0407. The maximum absolute atomic E-state index is 12.8. The van der Waals surface area contributed by atoms with E-state index in [4.69, 9.17) is 15.2 Å². The van der Waals surface area contributed by atoms with Crippen LogP contribution in [0.3, 0.4) is 0 Å². The number of hydrogen-bond donors (Lipinski definition) is 1. The number of benzene rings is 1. The van der Waals surface area contributed by atoms with E-state index in [1.165, 1.54) is 0 Å². The molecule has 0 spiro atoms. The van der Waals surface area contributed by atoms with Crippen molar-refractivity contribution in [3.8, 4) is 11.5 Å². The first kappa shape index (κ1) is 13.0. The minimum Gasteiger partial charge on any atom is -0.486 e. The lowest BCUT2D eigenvalue weighted by atomic mass is 9.98. The van der Waals surface area contributed by atoms with Gasteiger partial charge in [-0.05, 0) is 36.8 Å². The smallest absolute Gasteiger partial charge is 0.257 e. The second-order valence-corrected chi connectivity index (χ2v) is 6.21. The summed E-state index contributed by atoms with van der Waals surface area (Å²) in [6, 6.07) is 5.77. The second-order valence-electron chi connectivity index (χ2n) is 6.21. The van der Waals surface area contributed by atoms with E-state index >= 15 is 0 Å². The van der Waals surface area contributed by atoms with E-state index in [9.17, 15) is 4.79 Å². The molecule has 112 valence electrons. The van der Waals surface area contributed by atoms with E-state index in [1.54, 1.807) is 0 Å². The molecule has 1 saturated carbocycles. The van der Waals surface area contributed by atoms with Crippen LogP contribution in [0.25, 0.3) is 0 Å². The fourth-order valence-corrected chi connectivity index (χ4v) is 3.89. The van der Waals surface area contributed by atoms with Crippen LogP contribution in [0, 0.1) is 11.8 Å². The summed E-state index contributed by atoms with van der Waals surface area (Å²) in [5, 5.41) is 0. The average Bonchev–Trinajstić information content (AvgIpc) is 3.08. The van der Waals surface area contributed by atoms with Crippen LogP contribution >= 0.6 is 0 Å². The summed E-state index contributed by atoms with van der Waals surface area (Å²) in [4.78, 5) is 14.7. The van der Waals surface area contributed by atoms with Crippen LogP contribution in [-0.4, -0.2) is 43.2 Å². The fraction of sp³-hybridized carbons (Fsp3) is 0.562. The van der Waals surface area contributed by atoms with Gasteiger partial charge in [-0.25, -0.2) is 0 Å². The topological polar surface area (TPSA) is 64.8 Å². The number of ether oxygens (including phenoxy) is 2. The molecule has 1 aromatic carbocycles. The molecule has 4 rings (SSSR count). The van der Waals surface area contributed by atoms with E-state index < -0.39 is 0 Å². The van der Waals surface area contributed by atoms with Gasteiger partial charge in [0.2, 0.25) is 0 Å². The van der Waals surface area contributed by atoms with Crippen molar-refractivity contribution in [3.63, 3.8) is 0 Å². The maximum Gasteiger partial charge on any atom is 0.257 e. The molecule has 2 heterocycles. The molecule has 0 bridgehead atoms. The zero-order valence-electron chi connectivity index (χ0n) is 12.0. The SMILES string of the molecule is NC1CCC2CN(C(=O)c3cccc4c3OCCO4)CC12. The molecule has 0 aromatic heterocycles. The van der Waals surface area contributed by atoms with E-state index in [0.717, 1.165) is 25.9 Å². The highest BCUT2D eigenvalue weighted by molar-refractivity contribution is 5.98. The summed E-state index contributed by atoms with van der Waals surface area (Å²) in [7, 11) is 0. The van der Waals surface area contributed by atoms with Crippen LogP contribution in [0.15, 0.2) is 18.2 Å². The van der Waals surface area contributed by atoms with Crippen molar-refractivity contribution in [2.24, 2.45) is 17.6 Å². The third-order valence-electron chi connectivity index (χ3n) is 5.00. The first-order valence-electron chi connectivity index (χ1n) is 7.67. The molecule has 2 N–H and O–H groups in total. The van der Waals surface area contributed by atoms with Gasteiger partial charge in [0.15, 0.2) is 11.5 Å². The molecule has 1 aliphatic carbocycles. The molecule has 1 aromatic rings. The van der Waals surface area contributed by atoms with Gasteiger partial charge in [-0.1, -0.05) is 6.07 Å². The molecule has 3 aliphatic rings. The summed E-state index contributed by atoms with van der Waals surface area (Å²) in [5.74, 6) is 2.34. The molecule has 21 heavy (non-hydrogen) atoms. The molecule has 0 radical (unpaired) electrons. The van der Waals surface area contributed by atoms with Crippen LogP contribution in [-0.2, 0) is 0 Å². The van der Waals surface area contributed by atoms with Crippen LogP contribution < -0.4 is 15.2 Å². The van der Waals surface area contributed by atoms with Crippen molar-refractivity contribution in [3.05, 3.63) is 23.8 Å². The quantitative estimate of drug-likeness (QED) is 0.845. The van der Waals surface area contributed by atoms with Crippen LogP contribution in [0.4, 0.5) is 0 Å². The summed E-state index contributed by atoms with van der Waals surface area (Å²) in [6.07, 6.45) is 2.23. The van der Waals surface area contributed by atoms with Crippen molar-refractivity contribution < 1.29 is 14.3 Å². The number of amides is 1. The standard InChI is InChI=1S/C16H20N2O3/c17-13-5-4-10-8-18(9-12(10)13)16(19)11-2-1-3-14-15(11)21-7-6-20-14/h1-3,10,12-13H,4-9,17H2. The second kappa shape index (κ2) is 4.91. The number of para-hydroxylation sites is 1. The van der Waals surface area contributed by atoms with Crippen molar-refractivity contribution >= 4 is 5.91 Å². The van der Waals surface area contributed by atoms with Gasteiger partial charge >= 0.3 is 0 Å². The molecular weight excluding hydrogens is 268 g/mol. The van der Waals surface area contributed by atoms with Gasteiger partial charge in [-0.2, -0.15) is 0 Å². The number of fused-ring (bicyclic) bond motifs is 2. The Morgan fingerprint density at radius 1 is 1.19 bits per heavy atom. The Bertz CT molecular complexity index is 575. The number of nitrogens with two attached hydrogens (primary N) is 1. The molecule has 5 heteroatoms. The number of hydrogen-bond acceptors (Lipinski definition) is 4. The van der Waals surface area contributed by atoms with Gasteiger partial charge < -0.3 is 20.1 Å². The van der Waals surface area contributed by atoms with Gasteiger partial charge in [-0.3, -0.25) is 4.79 Å². The van der Waals surface area contributed by atoms with E-state index in [1.807, 2.05) is 23.1 Å². The van der Waals surface area contributed by atoms with Gasteiger partial charge in [-0.15, -0.1) is 0 Å². The number of rotatable bonds is 1. The minimum absolute atomic E-state index is 0.0407. The number of likely N-dealkylation sites (tertiary alicyclic amines) is 1. The lowest BCUT2D eigenvalue weighted by Gasteiger charge is -2.24. The number of nitrogens with zero attached hydrogens (tertiary/aromatic N) is 1. The van der Waals surface area contributed by atoms with Crippen molar-refractivity contribution in [1.82, 2.24) is 4.90 Å². The van der Waals surface area contributed by atoms with E-state index in [0.29, 0.717) is 42.1 Å². The molecule has 1 saturated heterocycles. The van der Waals surface area contributed by atoms with E-state index in [2.05, 4.69) is 0 Å². The summed E-state index contributed by atoms with van der Waals surface area (Å²) in [6.45, 7) is 2.62. The van der Waals surface area contributed by atoms with Gasteiger partial charge in [0.1, 0.15) is 13.2 Å². The first-order chi connectivity index (χ1) is 10.2. The Labute approximate surface area is 124 Å². The molecule has 5 nitrogen and oxygen atoms in total. The summed E-state index contributed by atoms with van der Waals surface area (Å²) < 4.78 is 11.2. The van der Waals surface area contributed by atoms with Crippen molar-refractivity contribution in [2.75, 3.05) is 26.3 Å². The largest absolute Gasteiger partial charge is 0.486 e. The van der Waals surface area contributed by atoms with Crippen molar-refractivity contribution in [1.29, 1.82) is 0 Å². The summed E-state index contributed by atoms with van der Waals surface area (Å²) in [5.41, 5.74) is 6.76. The highest BCUT2D eigenvalue weighted by Crippen LogP contribution is 2.39. The Hall–Kier alpha value is -1.75. The van der Waals surface area contributed by atoms with Crippen LogP contribution in [0.2, 0.25) is 0 Å². The van der Waals surface area contributed by atoms with Crippen LogP contribution in [0.5, 0.6) is 11.5 Å². The molecule has 3 unspecified atom stereocenters. The Balaban J connectivity index is 1.59. The number of carbonyl (C=O) groups excluding carboxylic acids is 1. The normalized spacial score (nSPS) is 30.3. The zero-order valence-corrected chi connectivity index (χ0v) is 12.0. The Morgan fingerprint density at radius 3 is 2.90 bits per heavy atom. The lowest BCUT2D eigenvalue weighted by molar-refractivity contribution is 0.0769. The Morgan fingerprint density at radius 2 is 2.05 bits per heavy atom. The fourth-order valence-electron chi connectivity index (χ4n) is 3.89. The zero-order chi connectivity index (χ0) is 14.4. The van der Waals surface area contributed by atoms with Crippen molar-refractivity contribution in [2.45, 2.75) is 18.9 Å². The van der Waals surface area contributed by atoms with Gasteiger partial charge in [0.05, 0.1) is 5.56 Å². The Kier molecular flexibility index (Phi) is 3.03. The molecule has 2 fully saturated rings. The molecule has 1 amide bonds. The predicted molar refractivity (Wildman–Crippen MR) is 77.5 cm³/mol. The third kappa shape index (κ3) is 2.07. The van der Waals surface area contributed by atoms with E-state index in [-0.39, 0.29) is 11.9 Å². The summed E-state index contributed by atoms with van der Waals surface area (Å²) >= 11 is 0. The van der Waals surface area contributed by atoms with Gasteiger partial charge in [0.25, 0.3) is 5.91 Å². The lowest BCUT2D eigenvalue weighted by Crippen LogP contribution is -2.34. The first-order valence-corrected chi connectivity index (χ1v) is 7.67. The maximum atomic E-state index is 12.8. The molecule has 2 aliphatic heterocycles. The predicted octanol–water partition coefficient (Wildman–Crippen LogP) is 1.27. The average molecular weight is 288 g/mol. The van der Waals surface area contributed by atoms with Crippen LogP contribution in [0.1, 0.15) is 23.2 Å². The van der Waals surface area contributed by atoms with Gasteiger partial charge in [0, 0.05) is 19.1 Å². The molecular formula is C16H20N2O3.